The molecule has 0 fully saturated rings. The van der Waals surface area contributed by atoms with Gasteiger partial charge in [-0.3, -0.25) is 0 Å². The van der Waals surface area contributed by atoms with Crippen molar-refractivity contribution in [2.75, 3.05) is 0 Å². The average Bonchev–Trinajstić information content (AvgIpc) is 2.39. The normalized spacial score (nSPS) is 15.5. The van der Waals surface area contributed by atoms with Crippen molar-refractivity contribution >= 4 is 11.8 Å². The summed E-state index contributed by atoms with van der Waals surface area (Å²) in [7, 11) is 0. The zero-order valence-electron chi connectivity index (χ0n) is 10.5. The van der Waals surface area contributed by atoms with Crippen LogP contribution in [0.5, 0.6) is 0 Å². The third kappa shape index (κ3) is 3.78. The summed E-state index contributed by atoms with van der Waals surface area (Å²) >= 11 is 1.88. The number of thioether (sulfide) groups is 1. The molecule has 0 saturated carbocycles. The van der Waals surface area contributed by atoms with E-state index >= 15 is 0 Å². The third-order valence-corrected chi connectivity index (χ3v) is 4.27. The first-order valence-corrected chi connectivity index (χ1v) is 7.31. The van der Waals surface area contributed by atoms with Gasteiger partial charge in [-0.25, -0.2) is 0 Å². The zero-order chi connectivity index (χ0) is 12.1. The van der Waals surface area contributed by atoms with Crippen molar-refractivity contribution in [3.8, 4) is 0 Å². The van der Waals surface area contributed by atoms with Gasteiger partial charge in [0.2, 0.25) is 0 Å². The maximum absolute atomic E-state index is 4.21. The fourth-order valence-electron chi connectivity index (χ4n) is 2.04. The molecular formula is C16H20S. The molecule has 0 atom stereocenters. The van der Waals surface area contributed by atoms with E-state index in [4.69, 9.17) is 0 Å². The van der Waals surface area contributed by atoms with Gasteiger partial charge in [-0.05, 0) is 43.7 Å². The van der Waals surface area contributed by atoms with E-state index < -0.39 is 0 Å². The van der Waals surface area contributed by atoms with Gasteiger partial charge in [-0.2, -0.15) is 0 Å². The van der Waals surface area contributed by atoms with Gasteiger partial charge in [-0.1, -0.05) is 42.5 Å². The fourth-order valence-corrected chi connectivity index (χ4v) is 2.94. The van der Waals surface area contributed by atoms with Crippen LogP contribution in [0.25, 0.3) is 0 Å². The van der Waals surface area contributed by atoms with E-state index in [1.807, 2.05) is 11.8 Å². The van der Waals surface area contributed by atoms with Crippen LogP contribution in [0.3, 0.4) is 0 Å². The summed E-state index contributed by atoms with van der Waals surface area (Å²) in [6, 6.07) is 8.78. The lowest BCUT2D eigenvalue weighted by Crippen LogP contribution is -1.93. The maximum atomic E-state index is 4.21. The van der Waals surface area contributed by atoms with Crippen LogP contribution in [0.1, 0.15) is 36.8 Å². The van der Waals surface area contributed by atoms with Gasteiger partial charge >= 0.3 is 0 Å². The summed E-state index contributed by atoms with van der Waals surface area (Å²) in [6.45, 7) is 6.33. The van der Waals surface area contributed by atoms with E-state index in [9.17, 15) is 0 Å². The van der Waals surface area contributed by atoms with Gasteiger partial charge in [0.25, 0.3) is 0 Å². The smallest absolute Gasteiger partial charge is 0.0231 e. The monoisotopic (exact) mass is 244 g/mol. The maximum Gasteiger partial charge on any atom is 0.0231 e. The van der Waals surface area contributed by atoms with Gasteiger partial charge in [0, 0.05) is 10.7 Å². The zero-order valence-corrected chi connectivity index (χ0v) is 11.4. The Morgan fingerprint density at radius 1 is 1.24 bits per heavy atom. The molecule has 1 aromatic rings. The highest BCUT2D eigenvalue weighted by Gasteiger charge is 2.07. The van der Waals surface area contributed by atoms with Gasteiger partial charge in [0.05, 0.1) is 0 Å². The van der Waals surface area contributed by atoms with E-state index in [0.29, 0.717) is 0 Å². The molecule has 1 aliphatic rings. The average molecular weight is 244 g/mol. The van der Waals surface area contributed by atoms with E-state index in [-0.39, 0.29) is 0 Å². The van der Waals surface area contributed by atoms with Crippen molar-refractivity contribution in [2.24, 2.45) is 0 Å². The predicted molar refractivity (Wildman–Crippen MR) is 78.2 cm³/mol. The SMILES string of the molecule is C=C(SCc1ccc(C)cc1)C1=CCCCC1. The van der Waals surface area contributed by atoms with Gasteiger partial charge in [-0.15, -0.1) is 11.8 Å². The second-order valence-corrected chi connectivity index (χ2v) is 5.74. The Balaban J connectivity index is 1.87. The van der Waals surface area contributed by atoms with Crippen LogP contribution in [-0.2, 0) is 5.75 Å². The second kappa shape index (κ2) is 6.11. The van der Waals surface area contributed by atoms with Crippen molar-refractivity contribution in [2.45, 2.75) is 38.4 Å². The van der Waals surface area contributed by atoms with E-state index in [1.165, 1.54) is 47.3 Å². The van der Waals surface area contributed by atoms with Crippen LogP contribution >= 0.6 is 11.8 Å². The highest BCUT2D eigenvalue weighted by Crippen LogP contribution is 2.31. The van der Waals surface area contributed by atoms with E-state index in [0.717, 1.165) is 5.75 Å². The van der Waals surface area contributed by atoms with Gasteiger partial charge in [0.15, 0.2) is 0 Å². The summed E-state index contributed by atoms with van der Waals surface area (Å²) in [6.07, 6.45) is 7.50. The molecule has 0 unspecified atom stereocenters. The number of benzene rings is 1. The van der Waals surface area contributed by atoms with Gasteiger partial charge < -0.3 is 0 Å². The van der Waals surface area contributed by atoms with Crippen LogP contribution in [0, 0.1) is 6.92 Å². The molecule has 0 saturated heterocycles. The molecule has 90 valence electrons. The molecule has 0 bridgehead atoms. The molecule has 0 nitrogen and oxygen atoms in total. The first-order valence-electron chi connectivity index (χ1n) is 6.32. The summed E-state index contributed by atoms with van der Waals surface area (Å²) in [5.41, 5.74) is 4.19. The van der Waals surface area contributed by atoms with Crippen LogP contribution in [0.4, 0.5) is 0 Å². The van der Waals surface area contributed by atoms with Gasteiger partial charge in [0.1, 0.15) is 0 Å². The van der Waals surface area contributed by atoms with Crippen molar-refractivity contribution in [1.29, 1.82) is 0 Å². The molecule has 0 aromatic heterocycles. The van der Waals surface area contributed by atoms with E-state index in [1.54, 1.807) is 0 Å². The molecule has 0 N–H and O–H groups in total. The van der Waals surface area contributed by atoms with Crippen molar-refractivity contribution in [1.82, 2.24) is 0 Å². The Labute approximate surface area is 109 Å². The summed E-state index contributed by atoms with van der Waals surface area (Å²) in [4.78, 5) is 1.27. The molecule has 2 rings (SSSR count). The molecule has 0 spiro atoms. The highest BCUT2D eigenvalue weighted by atomic mass is 32.2. The predicted octanol–water partition coefficient (Wildman–Crippen LogP) is 5.24. The van der Waals surface area contributed by atoms with E-state index in [2.05, 4.69) is 43.8 Å². The van der Waals surface area contributed by atoms with Crippen LogP contribution in [-0.4, -0.2) is 0 Å². The number of hydrogen-bond acceptors (Lipinski definition) is 1. The number of aryl methyl sites for hydroxylation is 1. The molecular weight excluding hydrogens is 224 g/mol. The van der Waals surface area contributed by atoms with Crippen LogP contribution in [0.15, 0.2) is 47.4 Å². The summed E-state index contributed by atoms with van der Waals surface area (Å²) < 4.78 is 0. The molecule has 1 heteroatoms. The Morgan fingerprint density at radius 3 is 2.65 bits per heavy atom. The second-order valence-electron chi connectivity index (χ2n) is 4.67. The number of rotatable bonds is 4. The first kappa shape index (κ1) is 12.5. The Bertz CT molecular complexity index is 412. The largest absolute Gasteiger partial charge is 0.122 e. The Kier molecular flexibility index (Phi) is 4.49. The standard InChI is InChI=1S/C16H20S/c1-13-8-10-15(11-9-13)12-17-14(2)16-6-4-3-5-7-16/h6,8-11H,2-5,7,12H2,1H3. The van der Waals surface area contributed by atoms with Crippen molar-refractivity contribution in [3.63, 3.8) is 0 Å². The lowest BCUT2D eigenvalue weighted by atomic mass is 10.00. The lowest BCUT2D eigenvalue weighted by Gasteiger charge is -2.14. The minimum atomic E-state index is 1.04. The molecule has 0 aliphatic heterocycles. The molecule has 0 radical (unpaired) electrons. The quantitative estimate of drug-likeness (QED) is 0.697. The third-order valence-electron chi connectivity index (χ3n) is 3.18. The minimum absolute atomic E-state index is 1.04. The minimum Gasteiger partial charge on any atom is -0.122 e. The highest BCUT2D eigenvalue weighted by molar-refractivity contribution is 8.02. The van der Waals surface area contributed by atoms with Crippen molar-refractivity contribution in [3.05, 3.63) is 58.5 Å². The van der Waals surface area contributed by atoms with Crippen LogP contribution < -0.4 is 0 Å². The molecule has 1 aliphatic carbocycles. The molecule has 17 heavy (non-hydrogen) atoms. The topological polar surface area (TPSA) is 0 Å². The Morgan fingerprint density at radius 2 is 2.00 bits per heavy atom. The number of hydrogen-bond donors (Lipinski definition) is 0. The molecule has 1 aromatic carbocycles. The molecule has 0 heterocycles. The molecule has 0 amide bonds. The summed E-state index contributed by atoms with van der Waals surface area (Å²) in [5.74, 6) is 1.04. The number of allylic oxidation sites excluding steroid dienone is 2. The summed E-state index contributed by atoms with van der Waals surface area (Å²) in [5, 5.41) is 0. The lowest BCUT2D eigenvalue weighted by molar-refractivity contribution is 0.711. The fraction of sp³-hybridized carbons (Fsp3) is 0.375. The van der Waals surface area contributed by atoms with Crippen molar-refractivity contribution < 1.29 is 0 Å². The van der Waals surface area contributed by atoms with Crippen LogP contribution in [0.2, 0.25) is 0 Å². The first-order chi connectivity index (χ1) is 8.25. The Hall–Kier alpha value is -0.950.